The van der Waals surface area contributed by atoms with E-state index >= 15 is 0 Å². The summed E-state index contributed by atoms with van der Waals surface area (Å²) in [7, 11) is 0. The van der Waals surface area contributed by atoms with Crippen molar-refractivity contribution in [2.75, 3.05) is 5.32 Å². The SMILES string of the molecule is O=C(Nc1ccccc1I)c1cc(C2CC2)nn1-c1ccccc1. The Labute approximate surface area is 154 Å². The van der Waals surface area contributed by atoms with Crippen LogP contribution in [0.15, 0.2) is 60.7 Å². The summed E-state index contributed by atoms with van der Waals surface area (Å²) in [6.45, 7) is 0. The molecule has 1 aromatic heterocycles. The standard InChI is InChI=1S/C19H16IN3O/c20-15-8-4-5-9-16(15)21-19(24)18-12-17(13-10-11-13)22-23(18)14-6-2-1-3-7-14/h1-9,12-13H,10-11H2,(H,21,24). The van der Waals surface area contributed by atoms with Gasteiger partial charge in [-0.2, -0.15) is 5.10 Å². The molecular weight excluding hydrogens is 413 g/mol. The summed E-state index contributed by atoms with van der Waals surface area (Å²) in [6.07, 6.45) is 2.31. The lowest BCUT2D eigenvalue weighted by Crippen LogP contribution is -2.17. The number of para-hydroxylation sites is 2. The maximum Gasteiger partial charge on any atom is 0.274 e. The number of nitrogens with one attached hydrogen (secondary N) is 1. The van der Waals surface area contributed by atoms with Crippen LogP contribution >= 0.6 is 22.6 Å². The van der Waals surface area contributed by atoms with E-state index in [1.165, 1.54) is 0 Å². The fourth-order valence-electron chi connectivity index (χ4n) is 2.65. The number of carbonyl (C=O) groups is 1. The van der Waals surface area contributed by atoms with E-state index in [-0.39, 0.29) is 5.91 Å². The maximum atomic E-state index is 12.8. The first-order chi connectivity index (χ1) is 11.7. The second-order valence-corrected chi connectivity index (χ2v) is 7.07. The smallest absolute Gasteiger partial charge is 0.274 e. The zero-order valence-electron chi connectivity index (χ0n) is 12.9. The van der Waals surface area contributed by atoms with Gasteiger partial charge in [-0.1, -0.05) is 30.3 Å². The molecular formula is C19H16IN3O. The van der Waals surface area contributed by atoms with Crippen molar-refractivity contribution in [1.29, 1.82) is 0 Å². The third-order valence-electron chi connectivity index (χ3n) is 4.08. The van der Waals surface area contributed by atoms with Crippen molar-refractivity contribution < 1.29 is 4.79 Å². The van der Waals surface area contributed by atoms with E-state index < -0.39 is 0 Å². The van der Waals surface area contributed by atoms with Crippen LogP contribution in [0.1, 0.15) is 34.9 Å². The lowest BCUT2D eigenvalue weighted by atomic mass is 10.2. The first-order valence-electron chi connectivity index (χ1n) is 7.93. The summed E-state index contributed by atoms with van der Waals surface area (Å²) in [6, 6.07) is 19.5. The van der Waals surface area contributed by atoms with Crippen molar-refractivity contribution in [3.63, 3.8) is 0 Å². The van der Waals surface area contributed by atoms with Crippen LogP contribution in [0.4, 0.5) is 5.69 Å². The number of nitrogens with zero attached hydrogens (tertiary/aromatic N) is 2. The summed E-state index contributed by atoms with van der Waals surface area (Å²) in [5.41, 5.74) is 3.30. The molecule has 1 saturated carbocycles. The Balaban J connectivity index is 1.71. The van der Waals surface area contributed by atoms with Gasteiger partial charge in [0.25, 0.3) is 5.91 Å². The Kier molecular flexibility index (Phi) is 4.10. The van der Waals surface area contributed by atoms with E-state index in [2.05, 4.69) is 33.0 Å². The largest absolute Gasteiger partial charge is 0.320 e. The van der Waals surface area contributed by atoms with Crippen molar-refractivity contribution in [3.05, 3.63) is 75.6 Å². The van der Waals surface area contributed by atoms with Gasteiger partial charge in [0.1, 0.15) is 5.69 Å². The molecule has 24 heavy (non-hydrogen) atoms. The highest BCUT2D eigenvalue weighted by atomic mass is 127. The van der Waals surface area contributed by atoms with Crippen LogP contribution in [0.25, 0.3) is 5.69 Å². The van der Waals surface area contributed by atoms with Crippen molar-refractivity contribution in [1.82, 2.24) is 9.78 Å². The van der Waals surface area contributed by atoms with Crippen LogP contribution in [0.3, 0.4) is 0 Å². The van der Waals surface area contributed by atoms with Crippen LogP contribution in [0.5, 0.6) is 0 Å². The summed E-state index contributed by atoms with van der Waals surface area (Å²) in [4.78, 5) is 12.8. The number of halogens is 1. The number of anilines is 1. The van der Waals surface area contributed by atoms with Crippen LogP contribution in [-0.4, -0.2) is 15.7 Å². The van der Waals surface area contributed by atoms with Crippen molar-refractivity contribution in [2.24, 2.45) is 0 Å². The molecule has 5 heteroatoms. The number of rotatable bonds is 4. The molecule has 0 bridgehead atoms. The Morgan fingerprint density at radius 1 is 1.08 bits per heavy atom. The summed E-state index contributed by atoms with van der Waals surface area (Å²) < 4.78 is 2.76. The second-order valence-electron chi connectivity index (χ2n) is 5.91. The molecule has 4 rings (SSSR count). The fraction of sp³-hybridized carbons (Fsp3) is 0.158. The van der Waals surface area contributed by atoms with Gasteiger partial charge in [-0.3, -0.25) is 4.79 Å². The molecule has 0 spiro atoms. The third-order valence-corrected chi connectivity index (χ3v) is 5.02. The minimum absolute atomic E-state index is 0.137. The Bertz CT molecular complexity index is 885. The van der Waals surface area contributed by atoms with Gasteiger partial charge in [0, 0.05) is 9.49 Å². The lowest BCUT2D eigenvalue weighted by Gasteiger charge is -2.09. The highest BCUT2D eigenvalue weighted by molar-refractivity contribution is 14.1. The summed E-state index contributed by atoms with van der Waals surface area (Å²) in [5, 5.41) is 7.68. The maximum absolute atomic E-state index is 12.8. The Morgan fingerprint density at radius 2 is 1.79 bits per heavy atom. The number of hydrogen-bond donors (Lipinski definition) is 1. The van der Waals surface area contributed by atoms with Gasteiger partial charge in [-0.15, -0.1) is 0 Å². The quantitative estimate of drug-likeness (QED) is 0.616. The minimum atomic E-state index is -0.137. The molecule has 1 N–H and O–H groups in total. The van der Waals surface area contributed by atoms with Gasteiger partial charge in [0.15, 0.2) is 0 Å². The van der Waals surface area contributed by atoms with Gasteiger partial charge < -0.3 is 5.32 Å². The van der Waals surface area contributed by atoms with Gasteiger partial charge in [0.2, 0.25) is 0 Å². The third kappa shape index (κ3) is 3.08. The topological polar surface area (TPSA) is 46.9 Å². The van der Waals surface area contributed by atoms with Gasteiger partial charge >= 0.3 is 0 Å². The average molecular weight is 429 g/mol. The van der Waals surface area contributed by atoms with Crippen LogP contribution in [0, 0.1) is 3.57 Å². The molecule has 1 amide bonds. The van der Waals surface area contributed by atoms with Gasteiger partial charge in [-0.05, 0) is 65.8 Å². The molecule has 0 unspecified atom stereocenters. The molecule has 1 aliphatic carbocycles. The zero-order chi connectivity index (χ0) is 16.5. The minimum Gasteiger partial charge on any atom is -0.320 e. The Morgan fingerprint density at radius 3 is 2.50 bits per heavy atom. The summed E-state index contributed by atoms with van der Waals surface area (Å²) >= 11 is 2.22. The highest BCUT2D eigenvalue weighted by Gasteiger charge is 2.29. The lowest BCUT2D eigenvalue weighted by molar-refractivity contribution is 0.101. The van der Waals surface area contributed by atoms with Crippen LogP contribution in [0.2, 0.25) is 0 Å². The van der Waals surface area contributed by atoms with Crippen molar-refractivity contribution in [3.8, 4) is 5.69 Å². The molecule has 0 radical (unpaired) electrons. The van der Waals surface area contributed by atoms with Gasteiger partial charge in [0.05, 0.1) is 17.1 Å². The first kappa shape index (κ1) is 15.4. The number of hydrogen-bond acceptors (Lipinski definition) is 2. The predicted molar refractivity (Wildman–Crippen MR) is 103 cm³/mol. The molecule has 3 aromatic rings. The summed E-state index contributed by atoms with van der Waals surface area (Å²) in [5.74, 6) is 0.362. The van der Waals surface area contributed by atoms with E-state index in [1.807, 2.05) is 60.7 Å². The first-order valence-corrected chi connectivity index (χ1v) is 9.01. The molecule has 120 valence electrons. The molecule has 0 aliphatic heterocycles. The number of amides is 1. The zero-order valence-corrected chi connectivity index (χ0v) is 15.1. The predicted octanol–water partition coefficient (Wildman–Crippen LogP) is 4.61. The van der Waals surface area contributed by atoms with Crippen LogP contribution in [-0.2, 0) is 0 Å². The second kappa shape index (κ2) is 6.39. The number of aromatic nitrogens is 2. The average Bonchev–Trinajstić information content (AvgIpc) is 3.36. The fourth-order valence-corrected chi connectivity index (χ4v) is 3.18. The van der Waals surface area contributed by atoms with E-state index in [4.69, 9.17) is 0 Å². The van der Waals surface area contributed by atoms with Crippen molar-refractivity contribution >= 4 is 34.2 Å². The van der Waals surface area contributed by atoms with Crippen molar-refractivity contribution in [2.45, 2.75) is 18.8 Å². The molecule has 0 atom stereocenters. The Hall–Kier alpha value is -2.15. The normalized spacial score (nSPS) is 13.7. The number of benzene rings is 2. The van der Waals surface area contributed by atoms with E-state index in [0.29, 0.717) is 11.6 Å². The number of carbonyl (C=O) groups excluding carboxylic acids is 1. The molecule has 0 saturated heterocycles. The monoisotopic (exact) mass is 429 g/mol. The molecule has 1 heterocycles. The molecule has 2 aromatic carbocycles. The molecule has 4 nitrogen and oxygen atoms in total. The molecule has 1 aliphatic rings. The van der Waals surface area contributed by atoms with E-state index in [1.54, 1.807) is 4.68 Å². The highest BCUT2D eigenvalue weighted by Crippen LogP contribution is 2.39. The van der Waals surface area contributed by atoms with E-state index in [9.17, 15) is 4.79 Å². The van der Waals surface area contributed by atoms with Crippen LogP contribution < -0.4 is 5.32 Å². The van der Waals surface area contributed by atoms with E-state index in [0.717, 1.165) is 33.5 Å². The molecule has 1 fully saturated rings. The van der Waals surface area contributed by atoms with Gasteiger partial charge in [-0.25, -0.2) is 4.68 Å².